The van der Waals surface area contributed by atoms with Crippen LogP contribution in [-0.4, -0.2) is 56.5 Å². The van der Waals surface area contributed by atoms with Crippen LogP contribution in [-0.2, 0) is 32.0 Å². The molecule has 0 fully saturated rings. The van der Waals surface area contributed by atoms with Gasteiger partial charge in [0, 0.05) is 25.4 Å². The Labute approximate surface area is 165 Å². The molecular weight excluding hydrogens is 384 g/mol. The molecule has 0 aliphatic carbocycles. The molecule has 0 N–H and O–H groups in total. The Hall–Kier alpha value is -1.27. The first-order valence-corrected chi connectivity index (χ1v) is 14.0. The molecule has 0 aliphatic heterocycles. The average Bonchev–Trinajstić information content (AvgIpc) is 2.61. The lowest BCUT2D eigenvalue weighted by Crippen LogP contribution is -2.51. The summed E-state index contributed by atoms with van der Waals surface area (Å²) in [5.74, 6) is -0.783. The van der Waals surface area contributed by atoms with E-state index >= 15 is 0 Å². The van der Waals surface area contributed by atoms with Crippen molar-refractivity contribution < 1.29 is 32.0 Å². The average molecular weight is 419 g/mol. The van der Waals surface area contributed by atoms with E-state index in [0.29, 0.717) is 49.3 Å². The van der Waals surface area contributed by atoms with E-state index in [-0.39, 0.29) is 0 Å². The van der Waals surface area contributed by atoms with Crippen molar-refractivity contribution in [2.24, 2.45) is 0 Å². The normalized spacial score (nSPS) is 15.3. The Morgan fingerprint density at radius 2 is 1.11 bits per heavy atom. The highest BCUT2D eigenvalue weighted by Gasteiger charge is 2.41. The van der Waals surface area contributed by atoms with Crippen LogP contribution in [0.1, 0.15) is 26.7 Å². The van der Waals surface area contributed by atoms with Crippen LogP contribution in [0.25, 0.3) is 0 Å². The van der Waals surface area contributed by atoms with Crippen molar-refractivity contribution in [1.82, 2.24) is 0 Å². The Bertz CT molecular complexity index is 492. The van der Waals surface area contributed by atoms with Crippen molar-refractivity contribution in [1.29, 1.82) is 0 Å². The van der Waals surface area contributed by atoms with Crippen LogP contribution in [0.15, 0.2) is 24.3 Å². The van der Waals surface area contributed by atoms with E-state index in [1.165, 1.54) is 0 Å². The van der Waals surface area contributed by atoms with E-state index in [4.69, 9.17) is 22.4 Å². The third-order valence-electron chi connectivity index (χ3n) is 4.01. The fraction of sp³-hybridized carbons (Fsp3) is 0.667. The Morgan fingerprint density at radius 3 is 1.37 bits per heavy atom. The fourth-order valence-corrected chi connectivity index (χ4v) is 9.33. The second-order valence-electron chi connectivity index (χ2n) is 6.82. The zero-order valence-electron chi connectivity index (χ0n) is 17.5. The summed E-state index contributed by atoms with van der Waals surface area (Å²) in [4.78, 5) is 22.8. The minimum Gasteiger partial charge on any atom is -0.462 e. The van der Waals surface area contributed by atoms with E-state index < -0.39 is 29.1 Å². The van der Waals surface area contributed by atoms with Crippen LogP contribution in [0.3, 0.4) is 0 Å². The van der Waals surface area contributed by atoms with Crippen molar-refractivity contribution >= 4 is 29.1 Å². The molecule has 0 rings (SSSR count). The van der Waals surface area contributed by atoms with Gasteiger partial charge < -0.3 is 22.4 Å². The molecule has 2 unspecified atom stereocenters. The van der Waals surface area contributed by atoms with E-state index in [2.05, 4.69) is 13.2 Å². The van der Waals surface area contributed by atoms with E-state index in [1.807, 2.05) is 13.1 Å². The molecule has 9 heteroatoms. The lowest BCUT2D eigenvalue weighted by molar-refractivity contribution is -0.139. The number of rotatable bonds is 14. The molecule has 0 aromatic carbocycles. The topological polar surface area (TPSA) is 80.3 Å². The second-order valence-corrected chi connectivity index (χ2v) is 14.0. The van der Waals surface area contributed by atoms with Crippen molar-refractivity contribution in [3.05, 3.63) is 24.3 Å². The molecule has 0 aromatic heterocycles. The third kappa shape index (κ3) is 10.6. The van der Waals surface area contributed by atoms with Crippen LogP contribution in [0.5, 0.6) is 0 Å². The molecule has 0 saturated heterocycles. The first-order valence-electron chi connectivity index (χ1n) is 8.94. The van der Waals surface area contributed by atoms with Crippen LogP contribution in [0, 0.1) is 0 Å². The smallest absolute Gasteiger partial charge is 0.333 e. The van der Waals surface area contributed by atoms with E-state index in [0.717, 1.165) is 0 Å². The van der Waals surface area contributed by atoms with E-state index in [1.54, 1.807) is 28.1 Å². The Kier molecular flexibility index (Phi) is 11.7. The number of carbonyl (C=O) groups is 2. The lowest BCUT2D eigenvalue weighted by Gasteiger charge is -2.35. The van der Waals surface area contributed by atoms with Gasteiger partial charge in [0.25, 0.3) is 0 Å². The molecule has 0 amide bonds. The summed E-state index contributed by atoms with van der Waals surface area (Å²) < 4.78 is 28.0. The van der Waals surface area contributed by atoms with Crippen molar-refractivity contribution in [3.8, 4) is 0 Å². The Morgan fingerprint density at radius 1 is 0.778 bits per heavy atom. The molecule has 0 radical (unpaired) electrons. The highest BCUT2D eigenvalue weighted by Crippen LogP contribution is 2.25. The highest BCUT2D eigenvalue weighted by molar-refractivity contribution is 6.80. The summed E-state index contributed by atoms with van der Waals surface area (Å²) in [7, 11) is -1.70. The van der Waals surface area contributed by atoms with Gasteiger partial charge in [-0.2, -0.15) is 0 Å². The maximum atomic E-state index is 11.4. The largest absolute Gasteiger partial charge is 0.462 e. The quantitative estimate of drug-likeness (QED) is 0.185. The number of hydrogen-bond acceptors (Lipinski definition) is 7. The van der Waals surface area contributed by atoms with Gasteiger partial charge in [-0.1, -0.05) is 13.2 Å². The van der Waals surface area contributed by atoms with Crippen LogP contribution >= 0.6 is 0 Å². The SMILES string of the molecule is C=C(C)C(=O)OCCC[Si](C)(OC)O[Si](C)(CCCOC(=O)C(=C)C)OC. The van der Waals surface area contributed by atoms with Crippen molar-refractivity contribution in [2.45, 2.75) is 51.9 Å². The zero-order chi connectivity index (χ0) is 21.1. The maximum Gasteiger partial charge on any atom is 0.333 e. The number of esters is 2. The molecule has 7 nitrogen and oxygen atoms in total. The predicted molar refractivity (Wildman–Crippen MR) is 109 cm³/mol. The summed E-state index contributed by atoms with van der Waals surface area (Å²) >= 11 is 0. The minimum atomic E-state index is -2.48. The molecule has 0 heterocycles. The van der Waals surface area contributed by atoms with Gasteiger partial charge in [0.15, 0.2) is 0 Å². The fourth-order valence-electron chi connectivity index (χ4n) is 2.21. The van der Waals surface area contributed by atoms with E-state index in [9.17, 15) is 9.59 Å². The van der Waals surface area contributed by atoms with Crippen molar-refractivity contribution in [3.63, 3.8) is 0 Å². The van der Waals surface area contributed by atoms with Gasteiger partial charge in [-0.25, -0.2) is 9.59 Å². The van der Waals surface area contributed by atoms with Crippen LogP contribution in [0.2, 0.25) is 25.2 Å². The molecule has 0 spiro atoms. The molecule has 0 saturated carbocycles. The molecule has 27 heavy (non-hydrogen) atoms. The number of hydrogen-bond donors (Lipinski definition) is 0. The maximum absolute atomic E-state index is 11.4. The molecular formula is C18H34O7Si2. The zero-order valence-corrected chi connectivity index (χ0v) is 19.5. The first kappa shape index (κ1) is 25.7. The Balaban J connectivity index is 4.51. The number of ether oxygens (including phenoxy) is 2. The van der Waals surface area contributed by atoms with Crippen LogP contribution in [0.4, 0.5) is 0 Å². The molecule has 0 aromatic rings. The van der Waals surface area contributed by atoms with Gasteiger partial charge >= 0.3 is 29.1 Å². The summed E-state index contributed by atoms with van der Waals surface area (Å²) in [6.45, 7) is 14.9. The van der Waals surface area contributed by atoms with Crippen molar-refractivity contribution in [2.75, 3.05) is 27.4 Å². The summed E-state index contributed by atoms with van der Waals surface area (Å²) in [6.07, 6.45) is 1.28. The minimum absolute atomic E-state index is 0.295. The molecule has 2 atom stereocenters. The van der Waals surface area contributed by atoms with Gasteiger partial charge in [0.2, 0.25) is 0 Å². The highest BCUT2D eigenvalue weighted by atomic mass is 28.5. The number of carbonyl (C=O) groups excluding carboxylic acids is 2. The summed E-state index contributed by atoms with van der Waals surface area (Å²) in [6, 6.07) is 1.34. The van der Waals surface area contributed by atoms with Gasteiger partial charge in [-0.05, 0) is 51.9 Å². The second kappa shape index (κ2) is 12.2. The van der Waals surface area contributed by atoms with Gasteiger partial charge in [0.1, 0.15) is 0 Å². The van der Waals surface area contributed by atoms with Gasteiger partial charge in [0.05, 0.1) is 13.2 Å². The van der Waals surface area contributed by atoms with Gasteiger partial charge in [-0.3, -0.25) is 0 Å². The monoisotopic (exact) mass is 418 g/mol. The molecule has 0 bridgehead atoms. The third-order valence-corrected chi connectivity index (χ3v) is 11.7. The van der Waals surface area contributed by atoms with Gasteiger partial charge in [-0.15, -0.1) is 0 Å². The molecule has 156 valence electrons. The summed E-state index contributed by atoms with van der Waals surface area (Å²) in [5, 5.41) is 0. The predicted octanol–water partition coefficient (Wildman–Crippen LogP) is 3.46. The summed E-state index contributed by atoms with van der Waals surface area (Å²) in [5.41, 5.74) is 0.759. The van der Waals surface area contributed by atoms with Crippen LogP contribution < -0.4 is 0 Å². The standard InChI is InChI=1S/C18H34O7Si2/c1-15(2)17(19)23-11-9-13-26(7,21-5)25-27(8,22-6)14-10-12-24-18(20)16(3)4/h1,3,9-14H2,2,4-8H3. The lowest BCUT2D eigenvalue weighted by atomic mass is 10.4. The molecule has 0 aliphatic rings. The first-order chi connectivity index (χ1) is 12.5.